The average Bonchev–Trinajstić information content (AvgIpc) is 3.23. The van der Waals surface area contributed by atoms with Gasteiger partial charge in [0.25, 0.3) is 0 Å². The fourth-order valence-electron chi connectivity index (χ4n) is 4.68. The molecule has 0 aliphatic heterocycles. The van der Waals surface area contributed by atoms with Gasteiger partial charge in [0.2, 0.25) is 0 Å². The number of hydrogen-bond donors (Lipinski definition) is 0. The number of benzene rings is 1. The summed E-state index contributed by atoms with van der Waals surface area (Å²) in [5.41, 5.74) is 8.23. The van der Waals surface area contributed by atoms with Gasteiger partial charge in [0, 0.05) is 37.3 Å². The molecule has 3 nitrogen and oxygen atoms in total. The first-order valence-electron chi connectivity index (χ1n) is 11.1. The third-order valence-corrected chi connectivity index (χ3v) is 9.11. The molecule has 2 heterocycles. The van der Waals surface area contributed by atoms with Gasteiger partial charge in [0.1, 0.15) is 11.1 Å². The summed E-state index contributed by atoms with van der Waals surface area (Å²) >= 11 is 4.11. The van der Waals surface area contributed by atoms with Crippen molar-refractivity contribution < 1.29 is 0 Å². The Morgan fingerprint density at radius 1 is 1.22 bits per heavy atom. The van der Waals surface area contributed by atoms with E-state index in [0.29, 0.717) is 11.3 Å². The van der Waals surface area contributed by atoms with Crippen molar-refractivity contribution in [2.24, 2.45) is 16.3 Å². The number of aliphatic imine (C=N–C) groups is 1. The summed E-state index contributed by atoms with van der Waals surface area (Å²) in [7, 11) is 0. The van der Waals surface area contributed by atoms with Gasteiger partial charge < -0.3 is 4.57 Å². The second-order valence-corrected chi connectivity index (χ2v) is 12.2. The number of thiophene rings is 1. The Hall–Kier alpha value is -1.91. The zero-order chi connectivity index (χ0) is 23.2. The molecule has 1 aromatic carbocycles. The molecule has 1 aliphatic carbocycles. The fraction of sp³-hybridized carbons (Fsp3) is 0.407. The lowest BCUT2D eigenvalue weighted by atomic mass is 9.72. The SMILES string of the molecule is Cc1ccc(-n2c(C)cc(C=Nc3sc4c(c3C#N)CC[C@H](C(C)(C)C)C4)c2C)cc1I. The molecule has 0 radical (unpaired) electrons. The van der Waals surface area contributed by atoms with Crippen molar-refractivity contribution in [1.82, 2.24) is 4.57 Å². The van der Waals surface area contributed by atoms with E-state index in [1.165, 1.54) is 36.6 Å². The fourth-order valence-corrected chi connectivity index (χ4v) is 6.40. The van der Waals surface area contributed by atoms with E-state index < -0.39 is 0 Å². The van der Waals surface area contributed by atoms with Crippen molar-refractivity contribution in [3.63, 3.8) is 0 Å². The largest absolute Gasteiger partial charge is 0.318 e. The molecule has 4 rings (SSSR count). The molecule has 0 saturated carbocycles. The molecule has 0 spiro atoms. The normalized spacial score (nSPS) is 16.4. The quantitative estimate of drug-likeness (QED) is 0.240. The molecule has 166 valence electrons. The number of nitrogens with zero attached hydrogens (tertiary/aromatic N) is 3. The summed E-state index contributed by atoms with van der Waals surface area (Å²) < 4.78 is 3.54. The highest BCUT2D eigenvalue weighted by molar-refractivity contribution is 14.1. The van der Waals surface area contributed by atoms with Gasteiger partial charge in [0.15, 0.2) is 0 Å². The van der Waals surface area contributed by atoms with E-state index in [0.717, 1.165) is 35.4 Å². The van der Waals surface area contributed by atoms with E-state index >= 15 is 0 Å². The van der Waals surface area contributed by atoms with Crippen LogP contribution in [0.2, 0.25) is 0 Å². The van der Waals surface area contributed by atoms with Crippen LogP contribution in [0.5, 0.6) is 0 Å². The van der Waals surface area contributed by atoms with E-state index in [-0.39, 0.29) is 0 Å². The number of aromatic nitrogens is 1. The van der Waals surface area contributed by atoms with Gasteiger partial charge in [-0.05, 0) is 103 Å². The van der Waals surface area contributed by atoms with Crippen molar-refractivity contribution in [2.75, 3.05) is 0 Å². The van der Waals surface area contributed by atoms with E-state index in [1.54, 1.807) is 11.3 Å². The highest BCUT2D eigenvalue weighted by atomic mass is 127. The molecule has 0 bridgehead atoms. The van der Waals surface area contributed by atoms with Crippen molar-refractivity contribution in [3.8, 4) is 11.8 Å². The number of nitriles is 1. The summed E-state index contributed by atoms with van der Waals surface area (Å²) in [5.74, 6) is 0.660. The van der Waals surface area contributed by atoms with Gasteiger partial charge in [-0.2, -0.15) is 5.26 Å². The first-order valence-corrected chi connectivity index (χ1v) is 13.0. The van der Waals surface area contributed by atoms with E-state index in [9.17, 15) is 5.26 Å². The highest BCUT2D eigenvalue weighted by Crippen LogP contribution is 2.44. The van der Waals surface area contributed by atoms with Crippen molar-refractivity contribution in [2.45, 2.75) is 60.8 Å². The number of aryl methyl sites for hydroxylation is 2. The van der Waals surface area contributed by atoms with Crippen LogP contribution in [0.3, 0.4) is 0 Å². The topological polar surface area (TPSA) is 41.1 Å². The number of hydrogen-bond acceptors (Lipinski definition) is 3. The van der Waals surface area contributed by atoms with Crippen LogP contribution in [0, 0.1) is 47.0 Å². The molecule has 3 aromatic rings. The highest BCUT2D eigenvalue weighted by Gasteiger charge is 2.32. The Bertz CT molecular complexity index is 1250. The molecule has 1 aliphatic rings. The molecule has 2 aromatic heterocycles. The number of rotatable bonds is 3. The minimum Gasteiger partial charge on any atom is -0.318 e. The predicted molar refractivity (Wildman–Crippen MR) is 144 cm³/mol. The minimum absolute atomic E-state index is 0.295. The van der Waals surface area contributed by atoms with Crippen molar-refractivity contribution >= 4 is 45.1 Å². The molecule has 0 fully saturated rings. The lowest BCUT2D eigenvalue weighted by molar-refractivity contribution is 0.218. The van der Waals surface area contributed by atoms with Gasteiger partial charge in [-0.25, -0.2) is 4.99 Å². The molecular weight excluding hydrogens is 525 g/mol. The molecule has 32 heavy (non-hydrogen) atoms. The summed E-state index contributed by atoms with van der Waals surface area (Å²) in [5, 5.41) is 10.7. The van der Waals surface area contributed by atoms with Crippen molar-refractivity contribution in [1.29, 1.82) is 5.26 Å². The Morgan fingerprint density at radius 2 is 1.97 bits per heavy atom. The number of halogens is 1. The molecule has 0 amide bonds. The van der Waals surface area contributed by atoms with Crippen LogP contribution in [0.1, 0.15) is 65.7 Å². The molecule has 0 unspecified atom stereocenters. The van der Waals surface area contributed by atoms with Gasteiger partial charge in [-0.1, -0.05) is 26.8 Å². The van der Waals surface area contributed by atoms with Crippen LogP contribution in [-0.4, -0.2) is 10.8 Å². The van der Waals surface area contributed by atoms with Crippen LogP contribution in [-0.2, 0) is 12.8 Å². The second-order valence-electron chi connectivity index (χ2n) is 9.96. The third-order valence-electron chi connectivity index (χ3n) is 6.79. The molecule has 1 atom stereocenters. The van der Waals surface area contributed by atoms with E-state index in [4.69, 9.17) is 4.99 Å². The molecule has 0 saturated heterocycles. The van der Waals surface area contributed by atoms with E-state index in [1.807, 2.05) is 6.21 Å². The Labute approximate surface area is 209 Å². The zero-order valence-electron chi connectivity index (χ0n) is 19.7. The first-order chi connectivity index (χ1) is 15.1. The van der Waals surface area contributed by atoms with Gasteiger partial charge in [0.05, 0.1) is 5.56 Å². The van der Waals surface area contributed by atoms with Crippen LogP contribution < -0.4 is 0 Å². The monoisotopic (exact) mass is 555 g/mol. The van der Waals surface area contributed by atoms with Crippen LogP contribution in [0.4, 0.5) is 5.00 Å². The molecule has 0 N–H and O–H groups in total. The van der Waals surface area contributed by atoms with Crippen LogP contribution in [0.15, 0.2) is 29.3 Å². The smallest absolute Gasteiger partial charge is 0.134 e. The summed E-state index contributed by atoms with van der Waals surface area (Å²) in [4.78, 5) is 6.20. The van der Waals surface area contributed by atoms with Gasteiger partial charge in [-0.3, -0.25) is 0 Å². The first kappa shape index (κ1) is 23.3. The maximum absolute atomic E-state index is 9.86. The van der Waals surface area contributed by atoms with Crippen LogP contribution in [0.25, 0.3) is 5.69 Å². The predicted octanol–water partition coefficient (Wildman–Crippen LogP) is 7.84. The summed E-state index contributed by atoms with van der Waals surface area (Å²) in [6.07, 6.45) is 5.15. The molecular formula is C27H30IN3S. The molecule has 5 heteroatoms. The second kappa shape index (κ2) is 8.79. The average molecular weight is 556 g/mol. The maximum atomic E-state index is 9.86. The van der Waals surface area contributed by atoms with Crippen LogP contribution >= 0.6 is 33.9 Å². The van der Waals surface area contributed by atoms with Gasteiger partial charge in [-0.15, -0.1) is 11.3 Å². The lowest BCUT2D eigenvalue weighted by Crippen LogP contribution is -2.26. The van der Waals surface area contributed by atoms with Crippen molar-refractivity contribution in [3.05, 3.63) is 66.4 Å². The van der Waals surface area contributed by atoms with E-state index in [2.05, 4.69) is 99.0 Å². The minimum atomic E-state index is 0.295. The Morgan fingerprint density at radius 3 is 2.62 bits per heavy atom. The summed E-state index contributed by atoms with van der Waals surface area (Å²) in [6, 6.07) is 11.2. The Balaban J connectivity index is 1.67. The third kappa shape index (κ3) is 4.32. The van der Waals surface area contributed by atoms with Gasteiger partial charge >= 0.3 is 0 Å². The zero-order valence-corrected chi connectivity index (χ0v) is 22.7. The number of fused-ring (bicyclic) bond motifs is 1. The maximum Gasteiger partial charge on any atom is 0.134 e. The lowest BCUT2D eigenvalue weighted by Gasteiger charge is -2.33. The standard InChI is InChI=1S/C27H30IN3S/c1-16-7-9-21(13-24(16)28)31-17(2)11-19(18(31)3)15-30-26-23(14-29)22-10-8-20(27(4,5)6)12-25(22)32-26/h7,9,11,13,15,20H,8,10,12H2,1-6H3/t20-/m0/s1. The Kier molecular flexibility index (Phi) is 6.39. The summed E-state index contributed by atoms with van der Waals surface area (Å²) in [6.45, 7) is 13.4.